The molecule has 1 N–H and O–H groups in total. The van der Waals surface area contributed by atoms with E-state index in [9.17, 15) is 9.90 Å². The highest BCUT2D eigenvalue weighted by Gasteiger charge is 2.31. The first-order chi connectivity index (χ1) is 13.1. The second-order valence-corrected chi connectivity index (χ2v) is 7.90. The van der Waals surface area contributed by atoms with Crippen molar-refractivity contribution in [2.75, 3.05) is 66.6 Å². The molecule has 27 heavy (non-hydrogen) atoms. The average molecular weight is 377 g/mol. The molecule has 7 nitrogen and oxygen atoms in total. The third-order valence-electron chi connectivity index (χ3n) is 5.69. The Balaban J connectivity index is 1.65. The van der Waals surface area contributed by atoms with Crippen LogP contribution in [0.25, 0.3) is 0 Å². The van der Waals surface area contributed by atoms with Gasteiger partial charge in [-0.1, -0.05) is 0 Å². The summed E-state index contributed by atoms with van der Waals surface area (Å²) >= 11 is 0. The molecular formula is C20H32N4O3. The van der Waals surface area contributed by atoms with Crippen LogP contribution in [0.3, 0.4) is 0 Å². The summed E-state index contributed by atoms with van der Waals surface area (Å²) in [6, 6.07) is 3.41. The highest BCUT2D eigenvalue weighted by Crippen LogP contribution is 2.25. The van der Waals surface area contributed by atoms with Crippen molar-refractivity contribution in [1.29, 1.82) is 0 Å². The molecule has 2 aliphatic rings. The van der Waals surface area contributed by atoms with Gasteiger partial charge in [-0.05, 0) is 50.9 Å². The maximum Gasteiger partial charge on any atom is 0.254 e. The van der Waals surface area contributed by atoms with E-state index in [2.05, 4.69) is 21.8 Å². The highest BCUT2D eigenvalue weighted by atomic mass is 16.5. The Labute approximate surface area is 161 Å². The van der Waals surface area contributed by atoms with E-state index >= 15 is 0 Å². The van der Waals surface area contributed by atoms with Crippen molar-refractivity contribution in [2.45, 2.75) is 12.8 Å². The lowest BCUT2D eigenvalue weighted by molar-refractivity contribution is 0.0453. The number of aliphatic hydroxyl groups excluding tert-OH is 1. The Morgan fingerprint density at radius 1 is 1.26 bits per heavy atom. The lowest BCUT2D eigenvalue weighted by atomic mass is 9.88. The summed E-state index contributed by atoms with van der Waals surface area (Å²) in [6.45, 7) is 6.90. The lowest BCUT2D eigenvalue weighted by Crippen LogP contribution is -2.48. The standard InChI is InChI=1S/C20H32N4O3/c1-22-6-3-7-23(9-8-22)12-16-10-17(15-25)14-24(13-16)20(26)18-4-5-21-19(11-18)27-2/h4-5,11,16-17,25H,3,6-10,12-15H2,1-2H3/t16-,17+/m0/s1. The van der Waals surface area contributed by atoms with Gasteiger partial charge in [0.25, 0.3) is 5.91 Å². The molecule has 0 aliphatic carbocycles. The van der Waals surface area contributed by atoms with Crippen LogP contribution in [0.1, 0.15) is 23.2 Å². The molecule has 0 saturated carbocycles. The molecule has 1 aromatic rings. The molecule has 0 radical (unpaired) electrons. The number of piperidine rings is 1. The van der Waals surface area contributed by atoms with Gasteiger partial charge >= 0.3 is 0 Å². The van der Waals surface area contributed by atoms with Gasteiger partial charge in [-0.3, -0.25) is 4.79 Å². The molecule has 7 heteroatoms. The van der Waals surface area contributed by atoms with Crippen LogP contribution in [0.2, 0.25) is 0 Å². The van der Waals surface area contributed by atoms with Crippen LogP contribution in [-0.2, 0) is 0 Å². The van der Waals surface area contributed by atoms with Crippen molar-refractivity contribution in [3.63, 3.8) is 0 Å². The minimum atomic E-state index is -0.00514. The summed E-state index contributed by atoms with van der Waals surface area (Å²) < 4.78 is 5.14. The van der Waals surface area contributed by atoms with Gasteiger partial charge in [0.2, 0.25) is 5.88 Å². The molecule has 0 unspecified atom stereocenters. The van der Waals surface area contributed by atoms with Crippen LogP contribution in [0.15, 0.2) is 18.3 Å². The third kappa shape index (κ3) is 5.40. The first kappa shape index (κ1) is 20.0. The van der Waals surface area contributed by atoms with E-state index in [0.29, 0.717) is 23.9 Å². The van der Waals surface area contributed by atoms with Crippen molar-refractivity contribution in [2.24, 2.45) is 11.8 Å². The Kier molecular flexibility index (Phi) is 7.04. The molecular weight excluding hydrogens is 344 g/mol. The lowest BCUT2D eigenvalue weighted by Gasteiger charge is -2.39. The van der Waals surface area contributed by atoms with E-state index in [0.717, 1.165) is 45.7 Å². The summed E-state index contributed by atoms with van der Waals surface area (Å²) in [5.41, 5.74) is 0.593. The zero-order valence-electron chi connectivity index (χ0n) is 16.5. The number of nitrogens with zero attached hydrogens (tertiary/aromatic N) is 4. The number of amides is 1. The molecule has 0 spiro atoms. The fourth-order valence-corrected chi connectivity index (χ4v) is 4.23. The highest BCUT2D eigenvalue weighted by molar-refractivity contribution is 5.94. The molecule has 0 bridgehead atoms. The maximum atomic E-state index is 13.0. The van der Waals surface area contributed by atoms with Crippen LogP contribution in [0.4, 0.5) is 0 Å². The largest absolute Gasteiger partial charge is 0.481 e. The zero-order chi connectivity index (χ0) is 19.2. The van der Waals surface area contributed by atoms with Crippen molar-refractivity contribution in [3.8, 4) is 5.88 Å². The second-order valence-electron chi connectivity index (χ2n) is 7.90. The number of likely N-dealkylation sites (tertiary alicyclic amines) is 1. The van der Waals surface area contributed by atoms with Crippen LogP contribution >= 0.6 is 0 Å². The molecule has 2 aliphatic heterocycles. The zero-order valence-corrected chi connectivity index (χ0v) is 16.5. The number of hydrogen-bond acceptors (Lipinski definition) is 6. The monoisotopic (exact) mass is 376 g/mol. The quantitative estimate of drug-likeness (QED) is 0.820. The Morgan fingerprint density at radius 2 is 2.07 bits per heavy atom. The summed E-state index contributed by atoms with van der Waals surface area (Å²) in [6.07, 6.45) is 3.77. The maximum absolute atomic E-state index is 13.0. The number of aromatic nitrogens is 1. The van der Waals surface area contributed by atoms with Gasteiger partial charge in [0, 0.05) is 57.2 Å². The SMILES string of the molecule is COc1cc(C(=O)N2C[C@H](CO)C[C@@H](CN3CCCN(C)CC3)C2)ccn1. The molecule has 1 amide bonds. The predicted molar refractivity (Wildman–Crippen MR) is 104 cm³/mol. The van der Waals surface area contributed by atoms with E-state index in [4.69, 9.17) is 4.74 Å². The summed E-state index contributed by atoms with van der Waals surface area (Å²) in [4.78, 5) is 23.9. The topological polar surface area (TPSA) is 69.1 Å². The van der Waals surface area contributed by atoms with Gasteiger partial charge in [0.1, 0.15) is 0 Å². The number of ether oxygens (including phenoxy) is 1. The van der Waals surface area contributed by atoms with E-state index in [1.165, 1.54) is 6.42 Å². The van der Waals surface area contributed by atoms with E-state index in [1.54, 1.807) is 25.4 Å². The Hall–Kier alpha value is -1.70. The normalized spacial score (nSPS) is 25.2. The van der Waals surface area contributed by atoms with Crippen LogP contribution in [-0.4, -0.2) is 97.3 Å². The molecule has 3 heterocycles. The van der Waals surface area contributed by atoms with Gasteiger partial charge in [-0.15, -0.1) is 0 Å². The Bertz CT molecular complexity index is 627. The van der Waals surface area contributed by atoms with E-state index in [-0.39, 0.29) is 18.4 Å². The second kappa shape index (κ2) is 9.48. The first-order valence-corrected chi connectivity index (χ1v) is 9.90. The summed E-state index contributed by atoms with van der Waals surface area (Å²) in [7, 11) is 3.73. The minimum Gasteiger partial charge on any atom is -0.481 e. The van der Waals surface area contributed by atoms with Gasteiger partial charge in [0.15, 0.2) is 0 Å². The molecule has 1 aromatic heterocycles. The van der Waals surface area contributed by atoms with Gasteiger partial charge in [-0.25, -0.2) is 4.98 Å². The van der Waals surface area contributed by atoms with Crippen LogP contribution in [0.5, 0.6) is 5.88 Å². The third-order valence-corrected chi connectivity index (χ3v) is 5.69. The number of rotatable bonds is 5. The first-order valence-electron chi connectivity index (χ1n) is 9.90. The fourth-order valence-electron chi connectivity index (χ4n) is 4.23. The smallest absolute Gasteiger partial charge is 0.254 e. The minimum absolute atomic E-state index is 0.00514. The summed E-state index contributed by atoms with van der Waals surface area (Å²) in [5.74, 6) is 0.981. The van der Waals surface area contributed by atoms with Crippen LogP contribution in [0, 0.1) is 11.8 Å². The Morgan fingerprint density at radius 3 is 2.85 bits per heavy atom. The number of methoxy groups -OCH3 is 1. The predicted octanol–water partition coefficient (Wildman–Crippen LogP) is 0.798. The number of aliphatic hydroxyl groups is 1. The van der Waals surface area contributed by atoms with Gasteiger partial charge in [-0.2, -0.15) is 0 Å². The number of likely N-dealkylation sites (N-methyl/N-ethyl adjacent to an activating group) is 1. The molecule has 150 valence electrons. The molecule has 3 rings (SSSR count). The van der Waals surface area contributed by atoms with Crippen molar-refractivity contribution < 1.29 is 14.6 Å². The van der Waals surface area contributed by atoms with Crippen molar-refractivity contribution in [1.82, 2.24) is 19.7 Å². The van der Waals surface area contributed by atoms with Gasteiger partial charge in [0.05, 0.1) is 7.11 Å². The van der Waals surface area contributed by atoms with E-state index < -0.39 is 0 Å². The number of pyridine rings is 1. The number of carbonyl (C=O) groups excluding carboxylic acids is 1. The molecule has 0 aromatic carbocycles. The molecule has 2 saturated heterocycles. The van der Waals surface area contributed by atoms with E-state index in [1.807, 2.05) is 4.90 Å². The average Bonchev–Trinajstić information content (AvgIpc) is 2.91. The van der Waals surface area contributed by atoms with Crippen molar-refractivity contribution in [3.05, 3.63) is 23.9 Å². The number of carbonyl (C=O) groups is 1. The number of hydrogen-bond donors (Lipinski definition) is 1. The van der Waals surface area contributed by atoms with Gasteiger partial charge < -0.3 is 24.5 Å². The molecule has 2 fully saturated rings. The summed E-state index contributed by atoms with van der Waals surface area (Å²) in [5, 5.41) is 9.76. The van der Waals surface area contributed by atoms with Crippen LogP contribution < -0.4 is 4.74 Å². The van der Waals surface area contributed by atoms with Crippen molar-refractivity contribution >= 4 is 5.91 Å². The molecule has 2 atom stereocenters. The fraction of sp³-hybridized carbons (Fsp3) is 0.700.